The number of benzene rings is 1. The van der Waals surface area contributed by atoms with Crippen LogP contribution < -0.4 is 5.56 Å². The largest absolute Gasteiger partial charge is 0.465 e. The predicted octanol–water partition coefficient (Wildman–Crippen LogP) is 2.57. The fourth-order valence-corrected chi connectivity index (χ4v) is 3.24. The Hall–Kier alpha value is -3.81. The number of carbonyl (C=O) groups is 1. The molecule has 1 aromatic carbocycles. The van der Waals surface area contributed by atoms with Gasteiger partial charge in [-0.1, -0.05) is 30.3 Å². The van der Waals surface area contributed by atoms with Gasteiger partial charge in [0.15, 0.2) is 0 Å². The first-order valence-electron chi connectivity index (χ1n) is 8.60. The Morgan fingerprint density at radius 2 is 1.86 bits per heavy atom. The van der Waals surface area contributed by atoms with Gasteiger partial charge in [0.1, 0.15) is 5.82 Å². The first-order valence-corrected chi connectivity index (χ1v) is 8.60. The Morgan fingerprint density at radius 1 is 1.11 bits per heavy atom. The normalized spacial score (nSPS) is 11.0. The van der Waals surface area contributed by atoms with E-state index in [1.807, 2.05) is 30.3 Å². The van der Waals surface area contributed by atoms with E-state index in [-0.39, 0.29) is 17.1 Å². The predicted molar refractivity (Wildman–Crippen MR) is 104 cm³/mol. The zero-order chi connectivity index (χ0) is 19.8. The number of fused-ring (bicyclic) bond motifs is 1. The maximum absolute atomic E-state index is 13.4. The van der Waals surface area contributed by atoms with E-state index in [2.05, 4.69) is 20.2 Å². The minimum Gasteiger partial charge on any atom is -0.465 e. The van der Waals surface area contributed by atoms with E-state index in [1.54, 1.807) is 26.1 Å². The van der Waals surface area contributed by atoms with Crippen molar-refractivity contribution in [2.45, 2.75) is 13.8 Å². The summed E-state index contributed by atoms with van der Waals surface area (Å²) in [4.78, 5) is 34.6. The third kappa shape index (κ3) is 2.75. The molecule has 0 unspecified atom stereocenters. The van der Waals surface area contributed by atoms with Gasteiger partial charge in [0, 0.05) is 11.8 Å². The molecule has 0 aliphatic heterocycles. The van der Waals surface area contributed by atoms with Crippen LogP contribution in [0.3, 0.4) is 0 Å². The summed E-state index contributed by atoms with van der Waals surface area (Å²) in [6.07, 6.45) is 1.58. The Labute approximate surface area is 159 Å². The van der Waals surface area contributed by atoms with Crippen LogP contribution in [0.15, 0.2) is 47.4 Å². The van der Waals surface area contributed by atoms with Gasteiger partial charge in [0.05, 0.1) is 29.3 Å². The number of aryl methyl sites for hydroxylation is 2. The molecular weight excluding hydrogens is 358 g/mol. The molecule has 4 aromatic rings. The lowest BCUT2D eigenvalue weighted by atomic mass is 9.95. The number of nitrogens with one attached hydrogen (secondary N) is 1. The number of rotatable bonds is 3. The second-order valence-corrected chi connectivity index (χ2v) is 6.28. The third-order valence-electron chi connectivity index (χ3n) is 4.47. The van der Waals surface area contributed by atoms with Crippen LogP contribution in [0.4, 0.5) is 0 Å². The molecule has 0 amide bonds. The Morgan fingerprint density at radius 3 is 2.50 bits per heavy atom. The molecule has 0 aliphatic carbocycles. The molecule has 4 rings (SSSR count). The molecule has 3 aromatic heterocycles. The van der Waals surface area contributed by atoms with Gasteiger partial charge in [-0.3, -0.25) is 14.9 Å². The Balaban J connectivity index is 2.16. The van der Waals surface area contributed by atoms with Crippen LogP contribution in [0.1, 0.15) is 21.9 Å². The van der Waals surface area contributed by atoms with Crippen molar-refractivity contribution in [3.8, 4) is 17.1 Å². The lowest BCUT2D eigenvalue weighted by molar-refractivity contribution is 0.0600. The van der Waals surface area contributed by atoms with Crippen molar-refractivity contribution >= 4 is 16.9 Å². The summed E-state index contributed by atoms with van der Waals surface area (Å²) >= 11 is 0. The van der Waals surface area contributed by atoms with Crippen LogP contribution >= 0.6 is 0 Å². The quantitative estimate of drug-likeness (QED) is 0.552. The molecule has 140 valence electrons. The van der Waals surface area contributed by atoms with Gasteiger partial charge >= 0.3 is 5.97 Å². The Kier molecular flexibility index (Phi) is 4.23. The number of nitrogens with zero attached hydrogens (tertiary/aromatic N) is 4. The van der Waals surface area contributed by atoms with Gasteiger partial charge in [0.25, 0.3) is 11.5 Å². The number of methoxy groups -OCH3 is 1. The van der Waals surface area contributed by atoms with E-state index in [4.69, 9.17) is 4.74 Å². The van der Waals surface area contributed by atoms with E-state index in [1.165, 1.54) is 11.7 Å². The van der Waals surface area contributed by atoms with E-state index in [0.717, 1.165) is 5.56 Å². The molecule has 0 bridgehead atoms. The fraction of sp³-hybridized carbons (Fsp3) is 0.150. The number of aromatic amines is 1. The number of carbonyl (C=O) groups excluding carboxylic acids is 1. The van der Waals surface area contributed by atoms with Crippen molar-refractivity contribution in [3.05, 3.63) is 70.0 Å². The van der Waals surface area contributed by atoms with Crippen molar-refractivity contribution in [1.29, 1.82) is 0 Å². The van der Waals surface area contributed by atoms with Crippen LogP contribution in [0.25, 0.3) is 28.0 Å². The maximum atomic E-state index is 13.4. The molecule has 3 heterocycles. The van der Waals surface area contributed by atoms with Gasteiger partial charge in [0.2, 0.25) is 0 Å². The fourth-order valence-electron chi connectivity index (χ4n) is 3.24. The van der Waals surface area contributed by atoms with Crippen LogP contribution in [0.2, 0.25) is 0 Å². The molecular formula is C20H17N5O3. The summed E-state index contributed by atoms with van der Waals surface area (Å²) < 4.78 is 6.30. The number of hydrogen-bond acceptors (Lipinski definition) is 6. The summed E-state index contributed by atoms with van der Waals surface area (Å²) in [6.45, 7) is 3.47. The number of ether oxygens (including phenoxy) is 1. The minimum absolute atomic E-state index is 0.226. The highest BCUT2D eigenvalue weighted by atomic mass is 16.5. The van der Waals surface area contributed by atoms with Crippen molar-refractivity contribution in [3.63, 3.8) is 0 Å². The van der Waals surface area contributed by atoms with Gasteiger partial charge in [-0.2, -0.15) is 4.98 Å². The Bertz CT molecular complexity index is 1260. The van der Waals surface area contributed by atoms with Crippen molar-refractivity contribution < 1.29 is 9.53 Å². The highest BCUT2D eigenvalue weighted by molar-refractivity contribution is 6.07. The topological polar surface area (TPSA) is 103 Å². The van der Waals surface area contributed by atoms with E-state index < -0.39 is 5.97 Å². The SMILES string of the molecule is COC(=O)c1c(C)nc2ccn(-c3n[nH]c(C)n3)c(=O)c2c1-c1ccccc1. The first kappa shape index (κ1) is 17.6. The van der Waals surface area contributed by atoms with Crippen molar-refractivity contribution in [2.75, 3.05) is 7.11 Å². The number of hydrogen-bond donors (Lipinski definition) is 1. The van der Waals surface area contributed by atoms with Gasteiger partial charge < -0.3 is 4.74 Å². The summed E-state index contributed by atoms with van der Waals surface area (Å²) in [6, 6.07) is 11.0. The van der Waals surface area contributed by atoms with Crippen LogP contribution in [-0.2, 0) is 4.74 Å². The smallest absolute Gasteiger partial charge is 0.340 e. The first-order chi connectivity index (χ1) is 13.5. The van der Waals surface area contributed by atoms with E-state index in [9.17, 15) is 9.59 Å². The second-order valence-electron chi connectivity index (χ2n) is 6.28. The summed E-state index contributed by atoms with van der Waals surface area (Å²) in [5.74, 6) is 0.264. The van der Waals surface area contributed by atoms with E-state index in [0.29, 0.717) is 28.0 Å². The number of H-pyrrole nitrogens is 1. The zero-order valence-electron chi connectivity index (χ0n) is 15.6. The average molecular weight is 375 g/mol. The number of esters is 1. The number of pyridine rings is 2. The molecule has 8 nitrogen and oxygen atoms in total. The standard InChI is InChI=1S/C20H17N5O3/c1-11-15(19(27)28-3)16(13-7-5-4-6-8-13)17-14(21-11)9-10-25(18(17)26)20-22-12(2)23-24-20/h4-10H,1-3H3,(H,22,23,24). The molecule has 0 spiro atoms. The molecule has 0 saturated heterocycles. The second kappa shape index (κ2) is 6.73. The molecule has 0 saturated carbocycles. The average Bonchev–Trinajstić information content (AvgIpc) is 3.13. The van der Waals surface area contributed by atoms with Crippen molar-refractivity contribution in [1.82, 2.24) is 24.7 Å². The monoisotopic (exact) mass is 375 g/mol. The molecule has 28 heavy (non-hydrogen) atoms. The third-order valence-corrected chi connectivity index (χ3v) is 4.47. The number of aromatic nitrogens is 5. The van der Waals surface area contributed by atoms with Gasteiger partial charge in [-0.15, -0.1) is 5.10 Å². The van der Waals surface area contributed by atoms with Crippen LogP contribution in [-0.4, -0.2) is 37.8 Å². The van der Waals surface area contributed by atoms with Crippen molar-refractivity contribution in [2.24, 2.45) is 0 Å². The molecule has 8 heteroatoms. The molecule has 0 aliphatic rings. The molecule has 1 N–H and O–H groups in total. The minimum atomic E-state index is -0.547. The highest BCUT2D eigenvalue weighted by Crippen LogP contribution is 2.31. The lowest BCUT2D eigenvalue weighted by Gasteiger charge is -2.14. The summed E-state index contributed by atoms with van der Waals surface area (Å²) in [7, 11) is 1.31. The highest BCUT2D eigenvalue weighted by Gasteiger charge is 2.23. The maximum Gasteiger partial charge on any atom is 0.340 e. The van der Waals surface area contributed by atoms with Crippen LogP contribution in [0.5, 0.6) is 0 Å². The molecule has 0 atom stereocenters. The summed E-state index contributed by atoms with van der Waals surface area (Å²) in [5, 5.41) is 7.10. The van der Waals surface area contributed by atoms with E-state index >= 15 is 0 Å². The van der Waals surface area contributed by atoms with Gasteiger partial charge in [-0.25, -0.2) is 9.36 Å². The van der Waals surface area contributed by atoms with Gasteiger partial charge in [-0.05, 0) is 25.5 Å². The molecule has 0 fully saturated rings. The zero-order valence-corrected chi connectivity index (χ0v) is 15.6. The summed E-state index contributed by atoms with van der Waals surface area (Å²) in [5.41, 5.74) is 2.08. The lowest BCUT2D eigenvalue weighted by Crippen LogP contribution is -2.21. The van der Waals surface area contributed by atoms with Crippen LogP contribution in [0, 0.1) is 13.8 Å². The molecule has 0 radical (unpaired) electrons.